The van der Waals surface area contributed by atoms with Crippen LogP contribution in [0.15, 0.2) is 42.5 Å². The highest BCUT2D eigenvalue weighted by atomic mass is 35.5. The first-order valence-corrected chi connectivity index (χ1v) is 12.5. The van der Waals surface area contributed by atoms with Crippen LogP contribution in [0.25, 0.3) is 21.5 Å². The number of rotatable bonds is 4. The number of carbonyl (C=O) groups is 1. The lowest BCUT2D eigenvalue weighted by Gasteiger charge is -2.35. The number of benzene rings is 2. The number of hydrogen-bond donors (Lipinski definition) is 0. The Morgan fingerprint density at radius 3 is 2.73 bits per heavy atom. The quantitative estimate of drug-likeness (QED) is 0.332. The van der Waals surface area contributed by atoms with Crippen molar-refractivity contribution in [2.24, 2.45) is 0 Å². The summed E-state index contributed by atoms with van der Waals surface area (Å²) in [4.78, 5) is 26.6. The Kier molecular flexibility index (Phi) is 5.53. The molecule has 5 rings (SSSR count). The van der Waals surface area contributed by atoms with E-state index in [1.165, 1.54) is 11.3 Å². The monoisotopic (exact) mass is 478 g/mol. The Morgan fingerprint density at radius 2 is 1.97 bits per heavy atom. The maximum atomic E-state index is 14.0. The largest absolute Gasteiger partial charge is 0.326 e. The van der Waals surface area contributed by atoms with E-state index in [0.717, 1.165) is 57.3 Å². The number of aryl methyl sites for hydroxylation is 3. The molecule has 2 aromatic carbocycles. The van der Waals surface area contributed by atoms with Crippen LogP contribution in [0.4, 0.5) is 0 Å². The van der Waals surface area contributed by atoms with E-state index in [2.05, 4.69) is 48.5 Å². The number of aromatic nitrogens is 3. The molecule has 0 unspecified atom stereocenters. The minimum Gasteiger partial charge on any atom is -0.326 e. The number of nitrogens with zero attached hydrogens (tertiary/aromatic N) is 4. The van der Waals surface area contributed by atoms with Crippen molar-refractivity contribution in [3.63, 3.8) is 0 Å². The first kappa shape index (κ1) is 22.1. The van der Waals surface area contributed by atoms with Crippen LogP contribution < -0.4 is 0 Å². The number of carbonyl (C=O) groups excluding carboxylic acids is 1. The molecule has 1 fully saturated rings. The van der Waals surface area contributed by atoms with Crippen molar-refractivity contribution in [1.29, 1.82) is 0 Å². The molecule has 1 aliphatic heterocycles. The van der Waals surface area contributed by atoms with Crippen molar-refractivity contribution in [2.75, 3.05) is 6.54 Å². The summed E-state index contributed by atoms with van der Waals surface area (Å²) in [6.07, 6.45) is 1.81. The summed E-state index contributed by atoms with van der Waals surface area (Å²) >= 11 is 7.78. The highest BCUT2D eigenvalue weighted by molar-refractivity contribution is 7.15. The van der Waals surface area contributed by atoms with E-state index >= 15 is 0 Å². The highest BCUT2D eigenvalue weighted by Gasteiger charge is 2.46. The Bertz CT molecular complexity index is 1370. The lowest BCUT2D eigenvalue weighted by atomic mass is 9.97. The van der Waals surface area contributed by atoms with Gasteiger partial charge in [-0.1, -0.05) is 35.9 Å². The van der Waals surface area contributed by atoms with Gasteiger partial charge in [-0.2, -0.15) is 0 Å². The lowest BCUT2D eigenvalue weighted by molar-refractivity contribution is 0.0594. The summed E-state index contributed by atoms with van der Waals surface area (Å²) in [5.74, 6) is 0.914. The molecule has 1 aliphatic rings. The molecule has 1 saturated heterocycles. The number of thiazole rings is 1. The second-order valence-electron chi connectivity index (χ2n) is 8.88. The van der Waals surface area contributed by atoms with E-state index in [0.29, 0.717) is 17.3 Å². The fourth-order valence-electron chi connectivity index (χ4n) is 5.06. The normalized spacial score (nSPS) is 18.4. The van der Waals surface area contributed by atoms with Crippen molar-refractivity contribution in [3.8, 4) is 10.4 Å². The van der Waals surface area contributed by atoms with Crippen LogP contribution in [0, 0.1) is 13.8 Å². The number of imidazole rings is 1. The number of halogens is 1. The van der Waals surface area contributed by atoms with Gasteiger partial charge in [0.05, 0.1) is 26.5 Å². The third kappa shape index (κ3) is 3.56. The maximum absolute atomic E-state index is 14.0. The number of hydrogen-bond acceptors (Lipinski definition) is 4. The Labute approximate surface area is 203 Å². The van der Waals surface area contributed by atoms with Gasteiger partial charge in [0.15, 0.2) is 0 Å². The van der Waals surface area contributed by atoms with Gasteiger partial charge in [-0.3, -0.25) is 4.79 Å². The topological polar surface area (TPSA) is 51.0 Å². The van der Waals surface area contributed by atoms with Gasteiger partial charge >= 0.3 is 0 Å². The van der Waals surface area contributed by atoms with Gasteiger partial charge in [0.2, 0.25) is 0 Å². The second-order valence-corrected chi connectivity index (χ2v) is 10.5. The van der Waals surface area contributed by atoms with Gasteiger partial charge < -0.3 is 9.47 Å². The Hall–Kier alpha value is -2.70. The third-order valence-corrected chi connectivity index (χ3v) is 7.94. The van der Waals surface area contributed by atoms with Crippen LogP contribution in [-0.2, 0) is 12.1 Å². The standard InChI is InChI=1S/C26H27ClN4OS/c1-5-30-20-12-6-9-16(2)21(20)29-25(30)26(4)13-8-14-31(26)24(32)22-23(33-17(3)28-22)18-10-7-11-19(27)15-18/h6-7,9-12,15H,5,8,13-14H2,1-4H3/t26-/m0/s1. The van der Waals surface area contributed by atoms with E-state index in [9.17, 15) is 4.79 Å². The van der Waals surface area contributed by atoms with Gasteiger partial charge in [-0.15, -0.1) is 11.3 Å². The molecule has 2 aromatic heterocycles. The number of amides is 1. The van der Waals surface area contributed by atoms with Gasteiger partial charge in [0, 0.05) is 18.1 Å². The molecule has 1 amide bonds. The lowest BCUT2D eigenvalue weighted by Crippen LogP contribution is -2.45. The summed E-state index contributed by atoms with van der Waals surface area (Å²) in [5.41, 5.74) is 4.22. The zero-order valence-electron chi connectivity index (χ0n) is 19.4. The number of likely N-dealkylation sites (tertiary alicyclic amines) is 1. The summed E-state index contributed by atoms with van der Waals surface area (Å²) < 4.78 is 2.26. The zero-order chi connectivity index (χ0) is 23.3. The molecule has 170 valence electrons. The number of para-hydroxylation sites is 1. The Morgan fingerprint density at radius 1 is 1.18 bits per heavy atom. The molecular weight excluding hydrogens is 452 g/mol. The maximum Gasteiger partial charge on any atom is 0.274 e. The molecule has 0 saturated carbocycles. The fourth-order valence-corrected chi connectivity index (χ4v) is 6.16. The van der Waals surface area contributed by atoms with E-state index in [-0.39, 0.29) is 5.91 Å². The summed E-state index contributed by atoms with van der Waals surface area (Å²) in [7, 11) is 0. The second kappa shape index (κ2) is 8.26. The molecule has 7 heteroatoms. The van der Waals surface area contributed by atoms with Crippen LogP contribution in [0.3, 0.4) is 0 Å². The summed E-state index contributed by atoms with van der Waals surface area (Å²) in [6.45, 7) is 9.81. The van der Waals surface area contributed by atoms with E-state index in [1.807, 2.05) is 36.1 Å². The zero-order valence-corrected chi connectivity index (χ0v) is 20.9. The highest BCUT2D eigenvalue weighted by Crippen LogP contribution is 2.42. The average molecular weight is 479 g/mol. The molecule has 0 aliphatic carbocycles. The van der Waals surface area contributed by atoms with E-state index < -0.39 is 5.54 Å². The van der Waals surface area contributed by atoms with Crippen LogP contribution >= 0.6 is 22.9 Å². The Balaban J connectivity index is 1.61. The molecule has 0 radical (unpaired) electrons. The first-order valence-electron chi connectivity index (χ1n) is 11.3. The van der Waals surface area contributed by atoms with Crippen molar-refractivity contribution >= 4 is 39.9 Å². The minimum absolute atomic E-state index is 0.0410. The molecular formula is C26H27ClN4OS. The smallest absolute Gasteiger partial charge is 0.274 e. The first-order chi connectivity index (χ1) is 15.8. The molecule has 5 nitrogen and oxygen atoms in total. The van der Waals surface area contributed by atoms with Gasteiger partial charge in [-0.25, -0.2) is 9.97 Å². The third-order valence-electron chi connectivity index (χ3n) is 6.69. The summed E-state index contributed by atoms with van der Waals surface area (Å²) in [5, 5.41) is 1.51. The van der Waals surface area contributed by atoms with Crippen molar-refractivity contribution in [2.45, 2.75) is 52.6 Å². The molecule has 4 aromatic rings. The molecule has 0 spiro atoms. The summed E-state index contributed by atoms with van der Waals surface area (Å²) in [6, 6.07) is 13.9. The van der Waals surface area contributed by atoms with Crippen LogP contribution in [-0.4, -0.2) is 31.9 Å². The van der Waals surface area contributed by atoms with Crippen LogP contribution in [0.5, 0.6) is 0 Å². The van der Waals surface area contributed by atoms with E-state index in [4.69, 9.17) is 16.6 Å². The number of fused-ring (bicyclic) bond motifs is 1. The van der Waals surface area contributed by atoms with E-state index in [1.54, 1.807) is 0 Å². The average Bonchev–Trinajstić information content (AvgIpc) is 3.49. The molecule has 0 N–H and O–H groups in total. The van der Waals surface area contributed by atoms with Crippen LogP contribution in [0.2, 0.25) is 5.02 Å². The predicted octanol–water partition coefficient (Wildman–Crippen LogP) is 6.60. The SMILES string of the molecule is CCn1c([C@]2(C)CCCN2C(=O)c2nc(C)sc2-c2cccc(Cl)c2)nc2c(C)cccc21. The molecule has 3 heterocycles. The van der Waals surface area contributed by atoms with Crippen LogP contribution in [0.1, 0.15) is 53.6 Å². The molecule has 0 bridgehead atoms. The molecule has 1 atom stereocenters. The van der Waals surface area contributed by atoms with Crippen molar-refractivity contribution in [1.82, 2.24) is 19.4 Å². The predicted molar refractivity (Wildman–Crippen MR) is 135 cm³/mol. The fraction of sp³-hybridized carbons (Fsp3) is 0.346. The van der Waals surface area contributed by atoms with Crippen molar-refractivity contribution < 1.29 is 4.79 Å². The van der Waals surface area contributed by atoms with Gasteiger partial charge in [0.25, 0.3) is 5.91 Å². The molecule has 33 heavy (non-hydrogen) atoms. The van der Waals surface area contributed by atoms with Gasteiger partial charge in [-0.05, 0) is 69.9 Å². The minimum atomic E-state index is -0.498. The van der Waals surface area contributed by atoms with Crippen molar-refractivity contribution in [3.05, 3.63) is 69.6 Å². The van der Waals surface area contributed by atoms with Gasteiger partial charge in [0.1, 0.15) is 11.5 Å².